The molecule has 60 valence electrons. The first kappa shape index (κ1) is 7.71. The van der Waals surface area contributed by atoms with Gasteiger partial charge in [0.15, 0.2) is 0 Å². The summed E-state index contributed by atoms with van der Waals surface area (Å²) in [6.45, 7) is 0. The summed E-state index contributed by atoms with van der Waals surface area (Å²) in [5.74, 6) is 0. The first-order valence-electron chi connectivity index (χ1n) is 2.82. The summed E-state index contributed by atoms with van der Waals surface area (Å²) >= 11 is 0. The van der Waals surface area contributed by atoms with Gasteiger partial charge in [0.1, 0.15) is 0 Å². The van der Waals surface area contributed by atoms with Crippen LogP contribution < -0.4 is 5.32 Å². The van der Waals surface area contributed by atoms with E-state index in [0.29, 0.717) is 0 Å². The van der Waals surface area contributed by atoms with E-state index in [2.05, 4.69) is 4.74 Å². The lowest BCUT2D eigenvalue weighted by Gasteiger charge is -2.03. The molecule has 0 bridgehead atoms. The van der Waals surface area contributed by atoms with Gasteiger partial charge in [-0.15, -0.1) is 0 Å². The molecular formula is C6H5F2NO2. The molecule has 0 unspecified atom stereocenters. The number of hydrogen-bond acceptors (Lipinski definition) is 2. The lowest BCUT2D eigenvalue weighted by Crippen LogP contribution is -2.24. The summed E-state index contributed by atoms with van der Waals surface area (Å²) in [4.78, 5) is 10.4. The maximum atomic E-state index is 11.9. The predicted octanol–water partition coefficient (Wildman–Crippen LogP) is 1.39. The Morgan fingerprint density at radius 1 is 1.55 bits per heavy atom. The number of ether oxygens (including phenoxy) is 1. The van der Waals surface area contributed by atoms with Crippen molar-refractivity contribution in [1.82, 2.24) is 5.32 Å². The predicted molar refractivity (Wildman–Crippen MR) is 32.8 cm³/mol. The SMILES string of the molecule is O=C1NC(C(F)F)=CC=CO1. The third kappa shape index (κ3) is 2.03. The number of alkyl carbamates (subject to hydrolysis) is 1. The molecule has 1 aliphatic rings. The summed E-state index contributed by atoms with van der Waals surface area (Å²) < 4.78 is 28.1. The zero-order valence-corrected chi connectivity index (χ0v) is 5.38. The van der Waals surface area contributed by atoms with Crippen LogP contribution in [0.5, 0.6) is 0 Å². The molecule has 0 aromatic heterocycles. The zero-order chi connectivity index (χ0) is 8.27. The molecule has 0 saturated carbocycles. The monoisotopic (exact) mass is 161 g/mol. The van der Waals surface area contributed by atoms with E-state index >= 15 is 0 Å². The molecule has 1 rings (SSSR count). The van der Waals surface area contributed by atoms with E-state index in [1.165, 1.54) is 6.08 Å². The van der Waals surface area contributed by atoms with E-state index < -0.39 is 18.2 Å². The van der Waals surface area contributed by atoms with Crippen molar-refractivity contribution in [2.45, 2.75) is 6.43 Å². The zero-order valence-electron chi connectivity index (χ0n) is 5.38. The summed E-state index contributed by atoms with van der Waals surface area (Å²) in [7, 11) is 0. The largest absolute Gasteiger partial charge is 0.418 e. The fourth-order valence-electron chi connectivity index (χ4n) is 0.560. The Kier molecular flexibility index (Phi) is 2.20. The van der Waals surface area contributed by atoms with E-state index in [0.717, 1.165) is 12.3 Å². The smallest absolute Gasteiger partial charge is 0.416 e. The van der Waals surface area contributed by atoms with E-state index in [4.69, 9.17) is 0 Å². The van der Waals surface area contributed by atoms with Crippen LogP contribution in [0.25, 0.3) is 0 Å². The molecule has 0 spiro atoms. The van der Waals surface area contributed by atoms with Crippen molar-refractivity contribution in [3.05, 3.63) is 24.1 Å². The molecule has 0 radical (unpaired) electrons. The molecule has 1 N–H and O–H groups in total. The Labute approximate surface area is 61.3 Å². The van der Waals surface area contributed by atoms with Gasteiger partial charge in [-0.05, 0) is 12.2 Å². The third-order valence-electron chi connectivity index (χ3n) is 1.01. The highest BCUT2D eigenvalue weighted by molar-refractivity contribution is 5.71. The minimum Gasteiger partial charge on any atom is -0.418 e. The van der Waals surface area contributed by atoms with Crippen LogP contribution in [0.4, 0.5) is 13.6 Å². The summed E-state index contributed by atoms with van der Waals surface area (Å²) in [6.07, 6.45) is -0.254. The van der Waals surface area contributed by atoms with E-state index in [1.54, 1.807) is 0 Å². The number of hydrogen-bond donors (Lipinski definition) is 1. The van der Waals surface area contributed by atoms with Gasteiger partial charge >= 0.3 is 6.09 Å². The molecule has 0 aliphatic carbocycles. The second kappa shape index (κ2) is 3.14. The Hall–Kier alpha value is -1.39. The highest BCUT2D eigenvalue weighted by atomic mass is 19.3. The molecule has 3 nitrogen and oxygen atoms in total. The van der Waals surface area contributed by atoms with E-state index in [-0.39, 0.29) is 0 Å². The van der Waals surface area contributed by atoms with Gasteiger partial charge in [-0.1, -0.05) is 0 Å². The normalized spacial score (nSPS) is 17.0. The molecular weight excluding hydrogens is 156 g/mol. The van der Waals surface area contributed by atoms with Crippen LogP contribution in [0.2, 0.25) is 0 Å². The molecule has 11 heavy (non-hydrogen) atoms. The van der Waals surface area contributed by atoms with Crippen LogP contribution in [-0.2, 0) is 4.74 Å². The molecule has 0 fully saturated rings. The fourth-order valence-corrected chi connectivity index (χ4v) is 0.560. The van der Waals surface area contributed by atoms with Gasteiger partial charge in [0.05, 0.1) is 12.0 Å². The maximum absolute atomic E-state index is 11.9. The van der Waals surface area contributed by atoms with Crippen molar-refractivity contribution in [2.75, 3.05) is 0 Å². The number of halogens is 2. The number of cyclic esters (lactones) is 1. The van der Waals surface area contributed by atoms with Crippen molar-refractivity contribution in [3.8, 4) is 0 Å². The summed E-state index contributed by atoms with van der Waals surface area (Å²) in [5.41, 5.74) is -0.455. The number of rotatable bonds is 1. The molecule has 5 heteroatoms. The molecule has 1 amide bonds. The number of alkyl halides is 2. The lowest BCUT2D eigenvalue weighted by atomic mass is 10.4. The van der Waals surface area contributed by atoms with Crippen LogP contribution in [0.3, 0.4) is 0 Å². The van der Waals surface area contributed by atoms with Gasteiger partial charge < -0.3 is 4.74 Å². The first-order valence-corrected chi connectivity index (χ1v) is 2.82. The highest BCUT2D eigenvalue weighted by Crippen LogP contribution is 2.07. The Balaban J connectivity index is 2.72. The van der Waals surface area contributed by atoms with Gasteiger partial charge in [-0.2, -0.15) is 0 Å². The van der Waals surface area contributed by atoms with Crippen LogP contribution >= 0.6 is 0 Å². The maximum Gasteiger partial charge on any atom is 0.416 e. The molecule has 0 aromatic rings. The topological polar surface area (TPSA) is 38.3 Å². The molecule has 1 heterocycles. The second-order valence-corrected chi connectivity index (χ2v) is 1.78. The number of carbonyl (C=O) groups excluding carboxylic acids is 1. The van der Waals surface area contributed by atoms with Crippen LogP contribution in [0, 0.1) is 0 Å². The molecule has 1 aliphatic heterocycles. The van der Waals surface area contributed by atoms with Crippen molar-refractivity contribution in [2.24, 2.45) is 0 Å². The molecule has 0 saturated heterocycles. The molecule has 0 atom stereocenters. The van der Waals surface area contributed by atoms with Crippen LogP contribution in [0.15, 0.2) is 24.1 Å². The highest BCUT2D eigenvalue weighted by Gasteiger charge is 2.14. The number of allylic oxidation sites excluding steroid dienone is 3. The van der Waals surface area contributed by atoms with Gasteiger partial charge in [0, 0.05) is 0 Å². The number of nitrogens with one attached hydrogen (secondary N) is 1. The second-order valence-electron chi connectivity index (χ2n) is 1.78. The van der Waals surface area contributed by atoms with E-state index in [1.807, 2.05) is 5.32 Å². The average Bonchev–Trinajstić information content (AvgIpc) is 2.13. The Bertz CT molecular complexity index is 223. The Morgan fingerprint density at radius 2 is 2.27 bits per heavy atom. The minimum atomic E-state index is -2.69. The van der Waals surface area contributed by atoms with Gasteiger partial charge in [0.2, 0.25) is 0 Å². The van der Waals surface area contributed by atoms with Gasteiger partial charge in [-0.25, -0.2) is 13.6 Å². The summed E-state index contributed by atoms with van der Waals surface area (Å²) in [6, 6.07) is 0. The Morgan fingerprint density at radius 3 is 2.91 bits per heavy atom. The van der Waals surface area contributed by atoms with Crippen molar-refractivity contribution in [3.63, 3.8) is 0 Å². The van der Waals surface area contributed by atoms with Gasteiger partial charge in [0.25, 0.3) is 6.43 Å². The summed E-state index contributed by atoms with van der Waals surface area (Å²) in [5, 5.41) is 1.87. The van der Waals surface area contributed by atoms with Gasteiger partial charge in [-0.3, -0.25) is 5.32 Å². The van der Waals surface area contributed by atoms with Crippen molar-refractivity contribution < 1.29 is 18.3 Å². The minimum absolute atomic E-state index is 0.455. The number of carbonyl (C=O) groups is 1. The fraction of sp³-hybridized carbons (Fsp3) is 0.167. The van der Waals surface area contributed by atoms with Crippen molar-refractivity contribution in [1.29, 1.82) is 0 Å². The lowest BCUT2D eigenvalue weighted by molar-refractivity contribution is 0.164. The van der Waals surface area contributed by atoms with E-state index in [9.17, 15) is 13.6 Å². The standard InChI is InChI=1S/C6H5F2NO2/c7-5(8)4-2-1-3-11-6(10)9-4/h1-3,5H,(H,9,10). The molecule has 0 aromatic carbocycles. The quantitative estimate of drug-likeness (QED) is 0.631. The van der Waals surface area contributed by atoms with Crippen molar-refractivity contribution >= 4 is 6.09 Å². The number of amides is 1. The van der Waals surface area contributed by atoms with Crippen LogP contribution in [-0.4, -0.2) is 12.5 Å². The van der Waals surface area contributed by atoms with Crippen LogP contribution in [0.1, 0.15) is 0 Å². The third-order valence-corrected chi connectivity index (χ3v) is 1.01. The average molecular weight is 161 g/mol. The first-order chi connectivity index (χ1) is 5.20.